The zero-order valence-corrected chi connectivity index (χ0v) is 12.2. The van der Waals surface area contributed by atoms with E-state index in [1.807, 2.05) is 38.4 Å². The van der Waals surface area contributed by atoms with Gasteiger partial charge in [0, 0.05) is 24.9 Å². The number of benzene rings is 1. The van der Waals surface area contributed by atoms with Crippen molar-refractivity contribution in [3.05, 3.63) is 34.9 Å². The van der Waals surface area contributed by atoms with Gasteiger partial charge in [-0.2, -0.15) is 15.0 Å². The lowest BCUT2D eigenvalue weighted by Gasteiger charge is -2.11. The lowest BCUT2D eigenvalue weighted by molar-refractivity contribution is 0.876. The van der Waals surface area contributed by atoms with E-state index in [9.17, 15) is 0 Å². The number of halogens is 1. The maximum absolute atomic E-state index is 5.84. The molecule has 0 aliphatic heterocycles. The monoisotopic (exact) mass is 295 g/mol. The molecule has 0 aliphatic rings. The summed E-state index contributed by atoms with van der Waals surface area (Å²) >= 11 is 7.36. The highest BCUT2D eigenvalue weighted by Crippen LogP contribution is 2.22. The van der Waals surface area contributed by atoms with Gasteiger partial charge in [0.05, 0.1) is 0 Å². The van der Waals surface area contributed by atoms with E-state index >= 15 is 0 Å². The predicted octanol–water partition coefficient (Wildman–Crippen LogP) is 2.47. The summed E-state index contributed by atoms with van der Waals surface area (Å²) in [5.74, 6) is 1.55. The molecule has 2 rings (SSSR count). The molecule has 0 unspecified atom stereocenters. The molecule has 0 bridgehead atoms. The fraction of sp³-hybridized carbons (Fsp3) is 0.250. The number of anilines is 2. The second kappa shape index (κ2) is 6.08. The summed E-state index contributed by atoms with van der Waals surface area (Å²) < 4.78 is 0. The van der Waals surface area contributed by atoms with Gasteiger partial charge in [-0.1, -0.05) is 35.5 Å². The molecule has 0 aliphatic carbocycles. The largest absolute Gasteiger partial charge is 0.368 e. The third-order valence-electron chi connectivity index (χ3n) is 2.30. The summed E-state index contributed by atoms with van der Waals surface area (Å²) in [4.78, 5) is 14.3. The molecule has 1 aromatic heterocycles. The first-order chi connectivity index (χ1) is 9.04. The first-order valence-electron chi connectivity index (χ1n) is 5.61. The highest BCUT2D eigenvalue weighted by molar-refractivity contribution is 7.98. The van der Waals surface area contributed by atoms with E-state index in [0.29, 0.717) is 11.1 Å². The molecule has 0 radical (unpaired) electrons. The molecule has 2 N–H and O–H groups in total. The summed E-state index contributed by atoms with van der Waals surface area (Å²) in [6.07, 6.45) is 0. The predicted molar refractivity (Wildman–Crippen MR) is 79.6 cm³/mol. The van der Waals surface area contributed by atoms with E-state index in [-0.39, 0.29) is 5.95 Å². The molecule has 19 heavy (non-hydrogen) atoms. The van der Waals surface area contributed by atoms with Crippen molar-refractivity contribution < 1.29 is 0 Å². The lowest BCUT2D eigenvalue weighted by Crippen LogP contribution is -2.15. The van der Waals surface area contributed by atoms with Gasteiger partial charge in [-0.05, 0) is 17.7 Å². The van der Waals surface area contributed by atoms with E-state index in [1.54, 1.807) is 4.90 Å². The molecule has 0 spiro atoms. The fourth-order valence-corrected chi connectivity index (χ4v) is 2.27. The minimum atomic E-state index is 0.234. The van der Waals surface area contributed by atoms with Crippen LogP contribution in [0, 0.1) is 0 Å². The number of nitrogens with two attached hydrogens (primary N) is 1. The van der Waals surface area contributed by atoms with Crippen molar-refractivity contribution in [2.45, 2.75) is 10.9 Å². The first kappa shape index (κ1) is 13.9. The van der Waals surface area contributed by atoms with Gasteiger partial charge in [0.25, 0.3) is 0 Å². The summed E-state index contributed by atoms with van der Waals surface area (Å²) in [5, 5.41) is 1.35. The molecule has 2 aromatic rings. The smallest absolute Gasteiger partial charge is 0.230 e. The average Bonchev–Trinajstić information content (AvgIpc) is 2.37. The third-order valence-corrected chi connectivity index (χ3v) is 3.47. The second-order valence-corrected chi connectivity index (χ2v) is 5.46. The van der Waals surface area contributed by atoms with Gasteiger partial charge in [0.15, 0.2) is 5.16 Å². The normalized spacial score (nSPS) is 10.5. The van der Waals surface area contributed by atoms with Gasteiger partial charge in [-0.25, -0.2) is 0 Å². The van der Waals surface area contributed by atoms with Gasteiger partial charge in [0.1, 0.15) is 0 Å². The zero-order valence-electron chi connectivity index (χ0n) is 10.7. The Morgan fingerprint density at radius 3 is 2.47 bits per heavy atom. The summed E-state index contributed by atoms with van der Waals surface area (Å²) in [6.45, 7) is 0. The Morgan fingerprint density at radius 2 is 1.84 bits per heavy atom. The van der Waals surface area contributed by atoms with Crippen LogP contribution >= 0.6 is 23.4 Å². The molecule has 7 heteroatoms. The Kier molecular flexibility index (Phi) is 4.44. The molecule has 5 nitrogen and oxygen atoms in total. The van der Waals surface area contributed by atoms with Crippen LogP contribution in [0.5, 0.6) is 0 Å². The van der Waals surface area contributed by atoms with Crippen molar-refractivity contribution in [2.24, 2.45) is 0 Å². The molecular formula is C12H14ClN5S. The van der Waals surface area contributed by atoms with Crippen LogP contribution in [-0.4, -0.2) is 29.0 Å². The molecule has 0 saturated heterocycles. The second-order valence-electron chi connectivity index (χ2n) is 4.09. The van der Waals surface area contributed by atoms with E-state index in [2.05, 4.69) is 15.0 Å². The van der Waals surface area contributed by atoms with Crippen LogP contribution in [0.2, 0.25) is 5.02 Å². The molecule has 1 heterocycles. The van der Waals surface area contributed by atoms with Gasteiger partial charge < -0.3 is 10.6 Å². The molecule has 100 valence electrons. The molecule has 0 atom stereocenters. The molecule has 1 aromatic carbocycles. The molecule has 0 saturated carbocycles. The van der Waals surface area contributed by atoms with Gasteiger partial charge >= 0.3 is 0 Å². The Hall–Kier alpha value is -1.53. The van der Waals surface area contributed by atoms with Crippen molar-refractivity contribution in [3.8, 4) is 0 Å². The van der Waals surface area contributed by atoms with Crippen molar-refractivity contribution in [1.82, 2.24) is 15.0 Å². The van der Waals surface area contributed by atoms with E-state index < -0.39 is 0 Å². The Balaban J connectivity index is 2.08. The standard InChI is InChI=1S/C12H14ClN5S/c1-18(2)11-15-10(14)16-12(17-11)19-7-8-3-5-9(13)6-4-8/h3-6H,7H2,1-2H3,(H2,14,15,16,17). The Morgan fingerprint density at radius 1 is 1.16 bits per heavy atom. The maximum atomic E-state index is 5.84. The highest BCUT2D eigenvalue weighted by atomic mass is 35.5. The third kappa shape index (κ3) is 3.97. The quantitative estimate of drug-likeness (QED) is 0.874. The fourth-order valence-electron chi connectivity index (χ4n) is 1.35. The minimum Gasteiger partial charge on any atom is -0.368 e. The SMILES string of the molecule is CN(C)c1nc(N)nc(SCc2ccc(Cl)cc2)n1. The molecule has 0 amide bonds. The van der Waals surface area contributed by atoms with Crippen LogP contribution in [0.15, 0.2) is 29.4 Å². The molecular weight excluding hydrogens is 282 g/mol. The number of hydrogen-bond acceptors (Lipinski definition) is 6. The zero-order chi connectivity index (χ0) is 13.8. The summed E-state index contributed by atoms with van der Waals surface area (Å²) in [7, 11) is 3.73. The van der Waals surface area contributed by atoms with Crippen LogP contribution in [-0.2, 0) is 5.75 Å². The number of hydrogen-bond donors (Lipinski definition) is 1. The van der Waals surface area contributed by atoms with E-state index in [4.69, 9.17) is 17.3 Å². The van der Waals surface area contributed by atoms with Gasteiger partial charge in [0.2, 0.25) is 11.9 Å². The Bertz CT molecular complexity index is 559. The van der Waals surface area contributed by atoms with Crippen LogP contribution in [0.1, 0.15) is 5.56 Å². The minimum absolute atomic E-state index is 0.234. The lowest BCUT2D eigenvalue weighted by atomic mass is 10.2. The summed E-state index contributed by atoms with van der Waals surface area (Å²) in [6, 6.07) is 7.69. The van der Waals surface area contributed by atoms with Gasteiger partial charge in [-0.15, -0.1) is 0 Å². The highest BCUT2D eigenvalue weighted by Gasteiger charge is 2.07. The van der Waals surface area contributed by atoms with Crippen molar-refractivity contribution >= 4 is 35.3 Å². The number of nitrogen functional groups attached to an aromatic ring is 1. The average molecular weight is 296 g/mol. The van der Waals surface area contributed by atoms with E-state index in [1.165, 1.54) is 11.8 Å². The number of aromatic nitrogens is 3. The molecule has 0 fully saturated rings. The van der Waals surface area contributed by atoms with Crippen LogP contribution in [0.25, 0.3) is 0 Å². The van der Waals surface area contributed by atoms with E-state index in [0.717, 1.165) is 16.3 Å². The Labute approximate surface area is 121 Å². The maximum Gasteiger partial charge on any atom is 0.230 e. The van der Waals surface area contributed by atoms with Crippen LogP contribution in [0.3, 0.4) is 0 Å². The number of thioether (sulfide) groups is 1. The first-order valence-corrected chi connectivity index (χ1v) is 6.97. The number of rotatable bonds is 4. The topological polar surface area (TPSA) is 67.9 Å². The number of nitrogens with zero attached hydrogens (tertiary/aromatic N) is 4. The van der Waals surface area contributed by atoms with Crippen molar-refractivity contribution in [3.63, 3.8) is 0 Å². The van der Waals surface area contributed by atoms with Crippen molar-refractivity contribution in [1.29, 1.82) is 0 Å². The van der Waals surface area contributed by atoms with Crippen LogP contribution < -0.4 is 10.6 Å². The summed E-state index contributed by atoms with van der Waals surface area (Å²) in [5.41, 5.74) is 6.82. The van der Waals surface area contributed by atoms with Crippen LogP contribution in [0.4, 0.5) is 11.9 Å². The van der Waals surface area contributed by atoms with Crippen molar-refractivity contribution in [2.75, 3.05) is 24.7 Å². The van der Waals surface area contributed by atoms with Gasteiger partial charge in [-0.3, -0.25) is 0 Å².